The van der Waals surface area contributed by atoms with Crippen LogP contribution in [0.25, 0.3) is 0 Å². The van der Waals surface area contributed by atoms with Crippen molar-refractivity contribution in [3.8, 4) is 0 Å². The molecular weight excluding hydrogens is 469 g/mol. The van der Waals surface area contributed by atoms with E-state index in [1.54, 1.807) is 7.05 Å². The van der Waals surface area contributed by atoms with Crippen molar-refractivity contribution < 1.29 is 9.53 Å². The van der Waals surface area contributed by atoms with Crippen LogP contribution in [0.3, 0.4) is 0 Å². The molecule has 0 radical (unpaired) electrons. The second-order valence-corrected chi connectivity index (χ2v) is 8.41. The first-order valence-electron chi connectivity index (χ1n) is 10.5. The van der Waals surface area contributed by atoms with Crippen LogP contribution in [0.2, 0.25) is 0 Å². The topological polar surface area (TPSA) is 78.0 Å². The van der Waals surface area contributed by atoms with Gasteiger partial charge >= 0.3 is 0 Å². The van der Waals surface area contributed by atoms with Crippen LogP contribution in [0.1, 0.15) is 52.9 Å². The predicted molar refractivity (Wildman–Crippen MR) is 125 cm³/mol. The summed E-state index contributed by atoms with van der Waals surface area (Å²) in [4.78, 5) is 19.2. The molecule has 1 aliphatic carbocycles. The van der Waals surface area contributed by atoms with Crippen LogP contribution in [-0.2, 0) is 9.53 Å². The third-order valence-electron chi connectivity index (χ3n) is 5.92. The van der Waals surface area contributed by atoms with Crippen LogP contribution in [0.15, 0.2) is 4.99 Å². The van der Waals surface area contributed by atoms with E-state index in [-0.39, 0.29) is 35.4 Å². The van der Waals surface area contributed by atoms with Crippen molar-refractivity contribution in [1.29, 1.82) is 0 Å². The van der Waals surface area contributed by atoms with Crippen molar-refractivity contribution in [3.63, 3.8) is 0 Å². The summed E-state index contributed by atoms with van der Waals surface area (Å²) >= 11 is 0. The van der Waals surface area contributed by atoms with Gasteiger partial charge in [0.15, 0.2) is 5.96 Å². The molecule has 164 valence electrons. The molecule has 0 aromatic rings. The molecular formula is C20H40IN5O2. The fourth-order valence-electron chi connectivity index (χ4n) is 4.11. The summed E-state index contributed by atoms with van der Waals surface area (Å²) in [6.45, 7) is 11.6. The number of rotatable bonds is 7. The summed E-state index contributed by atoms with van der Waals surface area (Å²) in [5, 5.41) is 9.79. The zero-order valence-electron chi connectivity index (χ0n) is 18.1. The summed E-state index contributed by atoms with van der Waals surface area (Å²) < 4.78 is 5.56. The number of amides is 1. The number of morpholine rings is 1. The first kappa shape index (κ1) is 25.4. The highest BCUT2D eigenvalue weighted by Gasteiger charge is 2.38. The summed E-state index contributed by atoms with van der Waals surface area (Å²) in [6, 6.07) is 0. The number of halogens is 1. The summed E-state index contributed by atoms with van der Waals surface area (Å²) in [7, 11) is 1.79. The van der Waals surface area contributed by atoms with Gasteiger partial charge in [-0.1, -0.05) is 19.3 Å². The van der Waals surface area contributed by atoms with Crippen LogP contribution in [-0.4, -0.2) is 75.3 Å². The highest BCUT2D eigenvalue weighted by atomic mass is 127. The maximum Gasteiger partial charge on any atom is 0.227 e. The van der Waals surface area contributed by atoms with Crippen molar-refractivity contribution in [2.45, 2.75) is 58.4 Å². The maximum atomic E-state index is 12.2. The number of nitrogens with zero attached hydrogens (tertiary/aromatic N) is 2. The van der Waals surface area contributed by atoms with Gasteiger partial charge in [0.05, 0.1) is 18.6 Å². The molecule has 0 unspecified atom stereocenters. The molecule has 0 spiro atoms. The second kappa shape index (κ2) is 12.2. The Morgan fingerprint density at radius 2 is 1.75 bits per heavy atom. The minimum atomic E-state index is -0.486. The van der Waals surface area contributed by atoms with Gasteiger partial charge in [0.2, 0.25) is 5.91 Å². The Balaban J connectivity index is 0.00000392. The largest absolute Gasteiger partial charge is 0.379 e. The third kappa shape index (κ3) is 7.02. The maximum absolute atomic E-state index is 12.2. The number of nitrogens with one attached hydrogen (secondary N) is 3. The fraction of sp³-hybridized carbons (Fsp3) is 0.900. The van der Waals surface area contributed by atoms with Gasteiger partial charge < -0.3 is 20.7 Å². The molecule has 28 heavy (non-hydrogen) atoms. The van der Waals surface area contributed by atoms with E-state index in [4.69, 9.17) is 4.74 Å². The number of hydrogen-bond donors (Lipinski definition) is 3. The molecule has 0 atom stereocenters. The Labute approximate surface area is 187 Å². The zero-order chi connectivity index (χ0) is 19.8. The average Bonchev–Trinajstić information content (AvgIpc) is 2.69. The summed E-state index contributed by atoms with van der Waals surface area (Å²) in [6.07, 6.45) is 6.35. The van der Waals surface area contributed by atoms with Crippen LogP contribution in [0, 0.1) is 5.41 Å². The lowest BCUT2D eigenvalue weighted by Crippen LogP contribution is -2.60. The van der Waals surface area contributed by atoms with Crippen molar-refractivity contribution in [2.75, 3.05) is 53.0 Å². The molecule has 1 aliphatic heterocycles. The lowest BCUT2D eigenvalue weighted by molar-refractivity contribution is -0.128. The minimum absolute atomic E-state index is 0. The molecule has 1 saturated heterocycles. The van der Waals surface area contributed by atoms with Crippen molar-refractivity contribution >= 4 is 35.8 Å². The normalized spacial score (nSPS) is 20.8. The Hall–Kier alpha value is -0.610. The van der Waals surface area contributed by atoms with Crippen molar-refractivity contribution in [1.82, 2.24) is 20.9 Å². The van der Waals surface area contributed by atoms with Crippen molar-refractivity contribution in [3.05, 3.63) is 0 Å². The molecule has 0 bridgehead atoms. The van der Waals surface area contributed by atoms with E-state index >= 15 is 0 Å². The standard InChI is InChI=1S/C20H39N5O2.HI/c1-5-22-17(26)19(2,3)15-23-18(21-4)24-16-20(9-7-6-8-10-20)25-11-13-27-14-12-25;/h5-16H2,1-4H3,(H,22,26)(H2,21,23,24);1H. The number of ether oxygens (including phenoxy) is 1. The smallest absolute Gasteiger partial charge is 0.227 e. The second-order valence-electron chi connectivity index (χ2n) is 8.41. The van der Waals surface area contributed by atoms with Gasteiger partial charge in [-0.3, -0.25) is 14.7 Å². The zero-order valence-corrected chi connectivity index (χ0v) is 20.4. The van der Waals surface area contributed by atoms with Gasteiger partial charge in [-0.05, 0) is 33.6 Å². The van der Waals surface area contributed by atoms with Gasteiger partial charge in [0, 0.05) is 45.3 Å². The molecule has 1 heterocycles. The Bertz CT molecular complexity index is 501. The highest BCUT2D eigenvalue weighted by Crippen LogP contribution is 2.33. The molecule has 0 aromatic carbocycles. The number of carbonyl (C=O) groups is 1. The van der Waals surface area contributed by atoms with E-state index in [1.807, 2.05) is 20.8 Å². The Morgan fingerprint density at radius 3 is 2.32 bits per heavy atom. The van der Waals surface area contributed by atoms with Gasteiger partial charge in [-0.2, -0.15) is 0 Å². The van der Waals surface area contributed by atoms with E-state index in [9.17, 15) is 4.79 Å². The van der Waals surface area contributed by atoms with Crippen LogP contribution >= 0.6 is 24.0 Å². The molecule has 0 aromatic heterocycles. The fourth-order valence-corrected chi connectivity index (χ4v) is 4.11. The molecule has 1 saturated carbocycles. The summed E-state index contributed by atoms with van der Waals surface area (Å²) in [5.41, 5.74) is -0.297. The lowest BCUT2D eigenvalue weighted by atomic mass is 9.80. The number of aliphatic imine (C=N–C) groups is 1. The monoisotopic (exact) mass is 509 g/mol. The molecule has 2 fully saturated rings. The van der Waals surface area contributed by atoms with Gasteiger partial charge in [-0.25, -0.2) is 0 Å². The highest BCUT2D eigenvalue weighted by molar-refractivity contribution is 14.0. The third-order valence-corrected chi connectivity index (χ3v) is 5.92. The lowest BCUT2D eigenvalue weighted by Gasteiger charge is -2.48. The van der Waals surface area contributed by atoms with E-state index in [1.165, 1.54) is 32.1 Å². The van der Waals surface area contributed by atoms with E-state index in [0.717, 1.165) is 38.8 Å². The van der Waals surface area contributed by atoms with Crippen molar-refractivity contribution in [2.24, 2.45) is 10.4 Å². The van der Waals surface area contributed by atoms with E-state index in [2.05, 4.69) is 25.8 Å². The molecule has 1 amide bonds. The Morgan fingerprint density at radius 1 is 1.11 bits per heavy atom. The molecule has 2 rings (SSSR count). The average molecular weight is 509 g/mol. The molecule has 8 heteroatoms. The first-order chi connectivity index (χ1) is 12.9. The van der Waals surface area contributed by atoms with Gasteiger partial charge in [0.25, 0.3) is 0 Å². The summed E-state index contributed by atoms with van der Waals surface area (Å²) in [5.74, 6) is 0.829. The van der Waals surface area contributed by atoms with E-state index in [0.29, 0.717) is 13.1 Å². The SMILES string of the molecule is CCNC(=O)C(C)(C)CNC(=NC)NCC1(N2CCOCC2)CCCCC1.I. The predicted octanol–water partition coefficient (Wildman–Crippen LogP) is 1.97. The minimum Gasteiger partial charge on any atom is -0.379 e. The molecule has 7 nitrogen and oxygen atoms in total. The molecule has 3 N–H and O–H groups in total. The molecule has 2 aliphatic rings. The first-order valence-corrected chi connectivity index (χ1v) is 10.5. The van der Waals surface area contributed by atoms with Gasteiger partial charge in [-0.15, -0.1) is 24.0 Å². The number of carbonyl (C=O) groups excluding carboxylic acids is 1. The van der Waals surface area contributed by atoms with Crippen LogP contribution in [0.4, 0.5) is 0 Å². The number of hydrogen-bond acceptors (Lipinski definition) is 4. The van der Waals surface area contributed by atoms with Crippen LogP contribution < -0.4 is 16.0 Å². The quantitative estimate of drug-likeness (QED) is 0.278. The van der Waals surface area contributed by atoms with Gasteiger partial charge in [0.1, 0.15) is 0 Å². The van der Waals surface area contributed by atoms with E-state index < -0.39 is 5.41 Å². The Kier molecular flexibility index (Phi) is 11.1. The van der Waals surface area contributed by atoms with Crippen LogP contribution in [0.5, 0.6) is 0 Å². The number of guanidine groups is 1.